The van der Waals surface area contributed by atoms with Gasteiger partial charge in [-0.25, -0.2) is 0 Å². The van der Waals surface area contributed by atoms with Crippen LogP contribution in [0, 0.1) is 0 Å². The Balaban J connectivity index is 2.77. The average Bonchev–Trinajstić information content (AvgIpc) is 2.62. The first-order valence-electron chi connectivity index (χ1n) is 5.15. The van der Waals surface area contributed by atoms with Crippen LogP contribution in [0.1, 0.15) is 27.2 Å². The van der Waals surface area contributed by atoms with E-state index in [1.54, 1.807) is 0 Å². The van der Waals surface area contributed by atoms with E-state index >= 15 is 0 Å². The van der Waals surface area contributed by atoms with Crippen LogP contribution in [0.15, 0.2) is 22.1 Å². The molecule has 12 heavy (non-hydrogen) atoms. The molecule has 1 rings (SSSR count). The normalized spacial score (nSPS) is 16.8. The third kappa shape index (κ3) is 1.75. The van der Waals surface area contributed by atoms with Crippen molar-refractivity contribution >= 4 is 0 Å². The maximum atomic E-state index is 2.40. The van der Waals surface area contributed by atoms with Gasteiger partial charge >= 0.3 is 80.1 Å². The monoisotopic (exact) mass is 200 g/mol. The molecule has 1 heteroatoms. The molecule has 0 spiro atoms. The molecule has 0 aliphatic heterocycles. The summed E-state index contributed by atoms with van der Waals surface area (Å²) in [5.74, 6) is 0. The molecule has 0 nitrogen and oxygen atoms in total. The van der Waals surface area contributed by atoms with Crippen molar-refractivity contribution < 1.29 is 16.6 Å². The zero-order chi connectivity index (χ0) is 9.03. The van der Waals surface area contributed by atoms with Crippen molar-refractivity contribution in [2.24, 2.45) is 0 Å². The van der Waals surface area contributed by atoms with Crippen molar-refractivity contribution in [2.75, 3.05) is 0 Å². The van der Waals surface area contributed by atoms with E-state index in [4.69, 9.17) is 0 Å². The Labute approximate surface area is 80.1 Å². The molecule has 1 aliphatic carbocycles. The number of allylic oxidation sites excluding steroid dienone is 4. The van der Waals surface area contributed by atoms with Crippen molar-refractivity contribution in [3.63, 3.8) is 0 Å². The predicted octanol–water partition coefficient (Wildman–Crippen LogP) is 4.30. The fraction of sp³-hybridized carbons (Fsp3) is 0.636. The molecule has 0 amide bonds. The van der Waals surface area contributed by atoms with E-state index in [1.807, 2.05) is 3.88 Å². The zero-order valence-corrected chi connectivity index (χ0v) is 10.1. The molecule has 1 aliphatic rings. The fourth-order valence-electron chi connectivity index (χ4n) is 2.27. The molecule has 0 saturated heterocycles. The Morgan fingerprint density at radius 2 is 1.75 bits per heavy atom. The van der Waals surface area contributed by atoms with E-state index < -0.39 is 16.6 Å². The predicted molar refractivity (Wildman–Crippen MR) is 53.3 cm³/mol. The second kappa shape index (κ2) is 4.44. The van der Waals surface area contributed by atoms with Gasteiger partial charge in [0.2, 0.25) is 0 Å². The SMILES string of the molecule is C[CH2][Ti]([CH2]C)([CH2]C)[C]1=CC=CC1. The Kier molecular flexibility index (Phi) is 3.80. The number of rotatable bonds is 4. The summed E-state index contributed by atoms with van der Waals surface area (Å²) >= 11 is -1.51. The van der Waals surface area contributed by atoms with Crippen molar-refractivity contribution in [3.05, 3.63) is 22.1 Å². The summed E-state index contributed by atoms with van der Waals surface area (Å²) in [6, 6.07) is 0. The number of hydrogen-bond acceptors (Lipinski definition) is 0. The summed E-state index contributed by atoms with van der Waals surface area (Å²) in [4.78, 5) is 0. The van der Waals surface area contributed by atoms with Crippen LogP contribution >= 0.6 is 0 Å². The second-order valence-electron chi connectivity index (χ2n) is 3.67. The fourth-order valence-corrected chi connectivity index (χ4v) is 8.30. The van der Waals surface area contributed by atoms with Crippen LogP contribution < -0.4 is 0 Å². The molecule has 0 fully saturated rings. The van der Waals surface area contributed by atoms with Gasteiger partial charge in [-0.2, -0.15) is 0 Å². The van der Waals surface area contributed by atoms with E-state index in [-0.39, 0.29) is 0 Å². The van der Waals surface area contributed by atoms with Gasteiger partial charge in [-0.3, -0.25) is 0 Å². The molecule has 68 valence electrons. The van der Waals surface area contributed by atoms with Gasteiger partial charge in [0.05, 0.1) is 0 Å². The van der Waals surface area contributed by atoms with Gasteiger partial charge in [-0.05, 0) is 0 Å². The Morgan fingerprint density at radius 3 is 2.08 bits per heavy atom. The minimum atomic E-state index is -1.51. The first-order valence-corrected chi connectivity index (χ1v) is 9.24. The molecule has 0 heterocycles. The summed E-state index contributed by atoms with van der Waals surface area (Å²) in [5, 5.41) is 0. The van der Waals surface area contributed by atoms with Crippen molar-refractivity contribution in [3.8, 4) is 0 Å². The van der Waals surface area contributed by atoms with Gasteiger partial charge in [0.15, 0.2) is 0 Å². The summed E-state index contributed by atoms with van der Waals surface area (Å²) in [7, 11) is 0. The third-order valence-corrected chi connectivity index (χ3v) is 12.5. The van der Waals surface area contributed by atoms with E-state index in [2.05, 4.69) is 39.0 Å². The third-order valence-electron chi connectivity index (χ3n) is 3.48. The Bertz CT molecular complexity index is 189. The molecule has 0 N–H and O–H groups in total. The quantitative estimate of drug-likeness (QED) is 0.593. The van der Waals surface area contributed by atoms with Crippen LogP contribution in [0.2, 0.25) is 14.2 Å². The second-order valence-corrected chi connectivity index (χ2v) is 12.0. The van der Waals surface area contributed by atoms with Crippen LogP contribution in [-0.4, -0.2) is 0 Å². The molecular weight excluding hydrogens is 180 g/mol. The van der Waals surface area contributed by atoms with Gasteiger partial charge < -0.3 is 0 Å². The van der Waals surface area contributed by atoms with Gasteiger partial charge in [-0.1, -0.05) is 0 Å². The minimum absolute atomic E-state index is 1.27. The van der Waals surface area contributed by atoms with Crippen molar-refractivity contribution in [1.29, 1.82) is 0 Å². The molecule has 0 saturated carbocycles. The number of hydrogen-bond donors (Lipinski definition) is 0. The van der Waals surface area contributed by atoms with Crippen LogP contribution in [0.4, 0.5) is 0 Å². The van der Waals surface area contributed by atoms with Gasteiger partial charge in [0, 0.05) is 0 Å². The van der Waals surface area contributed by atoms with Crippen LogP contribution in [-0.2, 0) is 16.6 Å². The van der Waals surface area contributed by atoms with E-state index in [0.29, 0.717) is 0 Å². The standard InChI is InChI=1S/C5H5.3C2H5.Ti/c1-2-4-5-3-1;3*1-2;/h1-3H,4H2;3*1H2,2H3;. The summed E-state index contributed by atoms with van der Waals surface area (Å²) in [6.07, 6.45) is 8.23. The van der Waals surface area contributed by atoms with Crippen molar-refractivity contribution in [1.82, 2.24) is 0 Å². The first kappa shape index (κ1) is 10.3. The van der Waals surface area contributed by atoms with Gasteiger partial charge in [0.1, 0.15) is 0 Å². The maximum absolute atomic E-state index is 2.40. The average molecular weight is 200 g/mol. The molecule has 0 unspecified atom stereocenters. The first-order chi connectivity index (χ1) is 5.79. The topological polar surface area (TPSA) is 0 Å². The summed E-state index contributed by atoms with van der Waals surface area (Å²) in [6.45, 7) is 7.18. The Morgan fingerprint density at radius 1 is 1.17 bits per heavy atom. The van der Waals surface area contributed by atoms with Crippen molar-refractivity contribution in [2.45, 2.75) is 41.4 Å². The van der Waals surface area contributed by atoms with Crippen LogP contribution in [0.3, 0.4) is 0 Å². The van der Waals surface area contributed by atoms with E-state index in [1.165, 1.54) is 20.6 Å². The van der Waals surface area contributed by atoms with Crippen LogP contribution in [0.5, 0.6) is 0 Å². The summed E-state index contributed by atoms with van der Waals surface area (Å²) < 4.78 is 6.25. The van der Waals surface area contributed by atoms with Gasteiger partial charge in [-0.15, -0.1) is 0 Å². The molecule has 0 aromatic carbocycles. The molecular formula is C11H20Ti. The van der Waals surface area contributed by atoms with E-state index in [0.717, 1.165) is 0 Å². The van der Waals surface area contributed by atoms with Gasteiger partial charge in [0.25, 0.3) is 0 Å². The molecule has 0 radical (unpaired) electrons. The molecule has 0 atom stereocenters. The van der Waals surface area contributed by atoms with Crippen LogP contribution in [0.25, 0.3) is 0 Å². The molecule has 0 bridgehead atoms. The molecule has 0 aromatic heterocycles. The van der Waals surface area contributed by atoms with E-state index in [9.17, 15) is 0 Å². The molecule has 0 aromatic rings. The zero-order valence-electron chi connectivity index (χ0n) is 8.56. The summed E-state index contributed by atoms with van der Waals surface area (Å²) in [5.41, 5.74) is 0. The Hall–Kier alpha value is 0.194.